The number of methoxy groups -OCH3 is 1. The number of carbonyl (C=O) groups is 2. The van der Waals surface area contributed by atoms with Crippen molar-refractivity contribution in [1.29, 1.82) is 0 Å². The third kappa shape index (κ3) is 4.61. The van der Waals surface area contributed by atoms with Crippen molar-refractivity contribution in [3.63, 3.8) is 0 Å². The number of rotatable bonds is 7. The summed E-state index contributed by atoms with van der Waals surface area (Å²) in [5.74, 6) is -1.47. The monoisotopic (exact) mass is 426 g/mol. The number of aliphatic hydroxyl groups excluding tert-OH is 1. The molecule has 0 saturated carbocycles. The molecule has 1 amide bonds. The van der Waals surface area contributed by atoms with E-state index < -0.39 is 23.5 Å². The fraction of sp³-hybridized carbons (Fsp3) is 0.333. The van der Waals surface area contributed by atoms with Crippen LogP contribution in [0.5, 0.6) is 5.75 Å². The molecule has 1 aliphatic heterocycles. The molecule has 1 fully saturated rings. The maximum absolute atomic E-state index is 13.7. The van der Waals surface area contributed by atoms with Crippen LogP contribution in [-0.2, 0) is 9.59 Å². The Labute approximate surface area is 181 Å². The Morgan fingerprint density at radius 2 is 1.84 bits per heavy atom. The summed E-state index contributed by atoms with van der Waals surface area (Å²) in [5, 5.41) is 11.0. The van der Waals surface area contributed by atoms with E-state index in [9.17, 15) is 19.1 Å². The van der Waals surface area contributed by atoms with Gasteiger partial charge in [-0.3, -0.25) is 9.59 Å². The molecule has 0 aromatic heterocycles. The van der Waals surface area contributed by atoms with E-state index in [1.54, 1.807) is 38.3 Å². The molecule has 0 radical (unpaired) electrons. The van der Waals surface area contributed by atoms with Crippen molar-refractivity contribution in [2.75, 3.05) is 34.3 Å². The topological polar surface area (TPSA) is 70.1 Å². The minimum absolute atomic E-state index is 0.00558. The highest BCUT2D eigenvalue weighted by atomic mass is 19.1. The molecule has 6 nitrogen and oxygen atoms in total. The quantitative estimate of drug-likeness (QED) is 0.417. The number of nitrogens with zero attached hydrogens (tertiary/aromatic N) is 2. The molecule has 1 heterocycles. The molecule has 1 atom stereocenters. The summed E-state index contributed by atoms with van der Waals surface area (Å²) in [6.45, 7) is 2.68. The molecule has 1 N–H and O–H groups in total. The van der Waals surface area contributed by atoms with Crippen LogP contribution < -0.4 is 4.74 Å². The molecular weight excluding hydrogens is 399 g/mol. The maximum atomic E-state index is 13.7. The SMILES string of the molecule is COc1ccc(C2/C(=C(/O)c3ccc(F)c(C)c3)C(=O)C(=O)N2CCCN(C)C)cc1. The van der Waals surface area contributed by atoms with Gasteiger partial charge < -0.3 is 19.6 Å². The molecule has 1 unspecified atom stereocenters. The van der Waals surface area contributed by atoms with Crippen LogP contribution in [0.2, 0.25) is 0 Å². The lowest BCUT2D eigenvalue weighted by Gasteiger charge is -2.26. The second kappa shape index (κ2) is 9.31. The zero-order chi connectivity index (χ0) is 22.7. The second-order valence-electron chi connectivity index (χ2n) is 7.89. The summed E-state index contributed by atoms with van der Waals surface area (Å²) in [4.78, 5) is 29.4. The van der Waals surface area contributed by atoms with E-state index in [-0.39, 0.29) is 11.3 Å². The Hall–Kier alpha value is -3.19. The highest BCUT2D eigenvalue weighted by Crippen LogP contribution is 2.40. The summed E-state index contributed by atoms with van der Waals surface area (Å²) in [5.41, 5.74) is 1.32. The Bertz CT molecular complexity index is 1010. The van der Waals surface area contributed by atoms with Crippen molar-refractivity contribution in [1.82, 2.24) is 9.80 Å². The molecule has 0 aliphatic carbocycles. The number of halogens is 1. The summed E-state index contributed by atoms with van der Waals surface area (Å²) >= 11 is 0. The zero-order valence-electron chi connectivity index (χ0n) is 18.2. The maximum Gasteiger partial charge on any atom is 0.295 e. The number of aliphatic hydroxyl groups is 1. The first-order chi connectivity index (χ1) is 14.7. The van der Waals surface area contributed by atoms with E-state index in [1.807, 2.05) is 19.0 Å². The predicted octanol–water partition coefficient (Wildman–Crippen LogP) is 3.52. The number of ketones is 1. The highest BCUT2D eigenvalue weighted by Gasteiger charge is 2.45. The van der Waals surface area contributed by atoms with Crippen molar-refractivity contribution in [3.05, 3.63) is 70.5 Å². The third-order valence-corrected chi connectivity index (χ3v) is 5.41. The summed E-state index contributed by atoms with van der Waals surface area (Å²) in [6.07, 6.45) is 0.669. The van der Waals surface area contributed by atoms with Crippen LogP contribution in [0.25, 0.3) is 5.76 Å². The van der Waals surface area contributed by atoms with E-state index in [1.165, 1.54) is 23.1 Å². The van der Waals surface area contributed by atoms with Crippen LogP contribution >= 0.6 is 0 Å². The first kappa shape index (κ1) is 22.5. The molecule has 2 aromatic carbocycles. The molecule has 164 valence electrons. The number of ether oxygens (including phenoxy) is 1. The summed E-state index contributed by atoms with van der Waals surface area (Å²) in [7, 11) is 5.43. The fourth-order valence-electron chi connectivity index (χ4n) is 3.75. The molecule has 0 spiro atoms. The first-order valence-corrected chi connectivity index (χ1v) is 10.1. The number of likely N-dealkylation sites (tertiary alicyclic amines) is 1. The van der Waals surface area contributed by atoms with Gasteiger partial charge in [-0.2, -0.15) is 0 Å². The van der Waals surface area contributed by atoms with Crippen LogP contribution in [0.3, 0.4) is 0 Å². The van der Waals surface area contributed by atoms with Crippen LogP contribution in [0, 0.1) is 12.7 Å². The summed E-state index contributed by atoms with van der Waals surface area (Å²) < 4.78 is 18.9. The molecular formula is C24H27FN2O4. The number of amides is 1. The lowest BCUT2D eigenvalue weighted by atomic mass is 9.94. The Morgan fingerprint density at radius 1 is 1.16 bits per heavy atom. The smallest absolute Gasteiger partial charge is 0.295 e. The number of Topliss-reactive ketones (excluding diaryl/α,β-unsaturated/α-hetero) is 1. The molecule has 7 heteroatoms. The van der Waals surface area contributed by atoms with Crippen molar-refractivity contribution in [2.45, 2.75) is 19.4 Å². The van der Waals surface area contributed by atoms with Gasteiger partial charge in [-0.05, 0) is 75.4 Å². The third-order valence-electron chi connectivity index (χ3n) is 5.41. The van der Waals surface area contributed by atoms with Crippen LogP contribution in [-0.4, -0.2) is 60.9 Å². The van der Waals surface area contributed by atoms with E-state index in [2.05, 4.69) is 0 Å². The Morgan fingerprint density at radius 3 is 2.42 bits per heavy atom. The Balaban J connectivity index is 2.10. The lowest BCUT2D eigenvalue weighted by Crippen LogP contribution is -2.32. The van der Waals surface area contributed by atoms with E-state index >= 15 is 0 Å². The standard InChI is InChI=1S/C24H27FN2O4/c1-15-14-17(8-11-19(15)25)22(28)20-21(16-6-9-18(31-4)10-7-16)27(24(30)23(20)29)13-5-12-26(2)3/h6-11,14,21,28H,5,12-13H2,1-4H3/b22-20-. The van der Waals surface area contributed by atoms with Gasteiger partial charge in [-0.25, -0.2) is 4.39 Å². The van der Waals surface area contributed by atoms with E-state index in [4.69, 9.17) is 4.74 Å². The number of aryl methyl sites for hydroxylation is 1. The molecule has 0 bridgehead atoms. The predicted molar refractivity (Wildman–Crippen MR) is 116 cm³/mol. The van der Waals surface area contributed by atoms with Gasteiger partial charge in [0, 0.05) is 12.1 Å². The van der Waals surface area contributed by atoms with Crippen molar-refractivity contribution < 1.29 is 23.8 Å². The lowest BCUT2D eigenvalue weighted by molar-refractivity contribution is -0.139. The van der Waals surface area contributed by atoms with Crippen LogP contribution in [0.1, 0.15) is 29.2 Å². The van der Waals surface area contributed by atoms with Crippen molar-refractivity contribution >= 4 is 17.4 Å². The van der Waals surface area contributed by atoms with Crippen molar-refractivity contribution in [2.24, 2.45) is 0 Å². The Kier molecular flexibility index (Phi) is 6.75. The van der Waals surface area contributed by atoms with Gasteiger partial charge >= 0.3 is 0 Å². The molecule has 31 heavy (non-hydrogen) atoms. The molecule has 1 aliphatic rings. The minimum Gasteiger partial charge on any atom is -0.507 e. The largest absolute Gasteiger partial charge is 0.507 e. The van der Waals surface area contributed by atoms with Gasteiger partial charge in [0.2, 0.25) is 0 Å². The fourth-order valence-corrected chi connectivity index (χ4v) is 3.75. The first-order valence-electron chi connectivity index (χ1n) is 10.1. The summed E-state index contributed by atoms with van der Waals surface area (Å²) in [6, 6.07) is 10.4. The molecule has 3 rings (SSSR count). The second-order valence-corrected chi connectivity index (χ2v) is 7.89. The van der Waals surface area contributed by atoms with Gasteiger partial charge in [0.15, 0.2) is 0 Å². The van der Waals surface area contributed by atoms with Crippen LogP contribution in [0.4, 0.5) is 4.39 Å². The van der Waals surface area contributed by atoms with Gasteiger partial charge in [0.1, 0.15) is 17.3 Å². The van der Waals surface area contributed by atoms with Gasteiger partial charge in [0.25, 0.3) is 11.7 Å². The molecule has 2 aromatic rings. The number of hydrogen-bond donors (Lipinski definition) is 1. The number of hydrogen-bond acceptors (Lipinski definition) is 5. The average molecular weight is 426 g/mol. The molecule has 1 saturated heterocycles. The zero-order valence-corrected chi connectivity index (χ0v) is 18.2. The number of benzene rings is 2. The minimum atomic E-state index is -0.745. The highest BCUT2D eigenvalue weighted by molar-refractivity contribution is 6.46. The van der Waals surface area contributed by atoms with E-state index in [0.29, 0.717) is 35.4 Å². The van der Waals surface area contributed by atoms with Gasteiger partial charge in [0.05, 0.1) is 18.7 Å². The normalized spacial score (nSPS) is 18.1. The van der Waals surface area contributed by atoms with Gasteiger partial charge in [-0.15, -0.1) is 0 Å². The van der Waals surface area contributed by atoms with E-state index in [0.717, 1.165) is 6.54 Å². The van der Waals surface area contributed by atoms with Crippen LogP contribution in [0.15, 0.2) is 48.0 Å². The van der Waals surface area contributed by atoms with Gasteiger partial charge in [-0.1, -0.05) is 12.1 Å². The number of carbonyl (C=O) groups excluding carboxylic acids is 2. The van der Waals surface area contributed by atoms with Crippen molar-refractivity contribution in [3.8, 4) is 5.75 Å². The average Bonchev–Trinajstić information content (AvgIpc) is 3.00.